The Morgan fingerprint density at radius 2 is 0.465 bits per heavy atom. The van der Waals surface area contributed by atoms with Gasteiger partial charge in [-0.25, -0.2) is 9.13 Å². The zero-order chi connectivity index (χ0) is 72.8. The van der Waals surface area contributed by atoms with E-state index >= 15 is 0 Å². The minimum absolute atomic E-state index is 0.104. The quantitative estimate of drug-likeness (QED) is 0.0222. The molecule has 0 saturated carbocycles. The molecule has 0 fully saturated rings. The topological polar surface area (TPSA) is 237 Å². The maximum absolute atomic E-state index is 13.1. The second kappa shape index (κ2) is 71.7. The van der Waals surface area contributed by atoms with E-state index < -0.39 is 97.5 Å². The maximum atomic E-state index is 13.1. The summed E-state index contributed by atoms with van der Waals surface area (Å²) in [6.07, 6.45) is 61.5. The van der Waals surface area contributed by atoms with Crippen LogP contribution in [0.4, 0.5) is 0 Å². The number of aliphatic hydroxyl groups is 1. The zero-order valence-electron chi connectivity index (χ0n) is 64.8. The van der Waals surface area contributed by atoms with Crippen molar-refractivity contribution in [1.29, 1.82) is 0 Å². The zero-order valence-corrected chi connectivity index (χ0v) is 66.6. The number of phosphoric acid groups is 2. The van der Waals surface area contributed by atoms with Crippen molar-refractivity contribution in [2.45, 2.75) is 439 Å². The predicted octanol–water partition coefficient (Wildman–Crippen LogP) is 23.9. The third kappa shape index (κ3) is 74.1. The van der Waals surface area contributed by atoms with E-state index in [1.54, 1.807) is 0 Å². The monoisotopic (exact) mass is 1450 g/mol. The minimum Gasteiger partial charge on any atom is -0.462 e. The van der Waals surface area contributed by atoms with Crippen LogP contribution < -0.4 is 0 Å². The van der Waals surface area contributed by atoms with Gasteiger partial charge >= 0.3 is 39.5 Å². The van der Waals surface area contributed by atoms with E-state index in [9.17, 15) is 43.2 Å². The van der Waals surface area contributed by atoms with Crippen LogP contribution in [0.25, 0.3) is 0 Å². The minimum atomic E-state index is -4.96. The molecule has 0 aliphatic rings. The molecule has 0 aliphatic heterocycles. The fourth-order valence-corrected chi connectivity index (χ4v) is 13.9. The second-order valence-corrected chi connectivity index (χ2v) is 32.7. The molecule has 0 bridgehead atoms. The molecule has 0 radical (unpaired) electrons. The van der Waals surface area contributed by atoms with Crippen molar-refractivity contribution in [3.8, 4) is 0 Å². The first kappa shape index (κ1) is 97.1. The van der Waals surface area contributed by atoms with Crippen LogP contribution in [-0.2, 0) is 65.4 Å². The summed E-state index contributed by atoms with van der Waals surface area (Å²) in [5.41, 5.74) is 0. The number of rotatable bonds is 79. The van der Waals surface area contributed by atoms with Crippen LogP contribution in [-0.4, -0.2) is 96.7 Å². The number of hydrogen-bond acceptors (Lipinski definition) is 15. The van der Waals surface area contributed by atoms with Crippen molar-refractivity contribution in [2.75, 3.05) is 39.6 Å². The van der Waals surface area contributed by atoms with Crippen LogP contribution in [0.3, 0.4) is 0 Å². The van der Waals surface area contributed by atoms with Crippen molar-refractivity contribution in [1.82, 2.24) is 0 Å². The van der Waals surface area contributed by atoms with Gasteiger partial charge in [-0.15, -0.1) is 0 Å². The van der Waals surface area contributed by atoms with Gasteiger partial charge < -0.3 is 33.8 Å². The van der Waals surface area contributed by atoms with Crippen molar-refractivity contribution < 1.29 is 80.2 Å². The van der Waals surface area contributed by atoms with Gasteiger partial charge in [0.1, 0.15) is 19.3 Å². The molecule has 0 heterocycles. The Morgan fingerprint density at radius 3 is 0.687 bits per heavy atom. The molecule has 0 rings (SSSR count). The number of carbonyl (C=O) groups is 4. The van der Waals surface area contributed by atoms with Gasteiger partial charge in [0, 0.05) is 25.7 Å². The summed E-state index contributed by atoms with van der Waals surface area (Å²) in [6.45, 7) is 9.57. The number of aliphatic hydroxyl groups excluding tert-OH is 1. The summed E-state index contributed by atoms with van der Waals surface area (Å²) >= 11 is 0. The van der Waals surface area contributed by atoms with E-state index in [-0.39, 0.29) is 25.7 Å². The summed E-state index contributed by atoms with van der Waals surface area (Å²) in [6, 6.07) is 0. The van der Waals surface area contributed by atoms with Crippen molar-refractivity contribution in [3.05, 3.63) is 0 Å². The summed E-state index contributed by atoms with van der Waals surface area (Å²) in [7, 11) is -9.91. The van der Waals surface area contributed by atoms with Crippen LogP contribution in [0.2, 0.25) is 0 Å². The average Bonchev–Trinajstić information content (AvgIpc) is 1.57. The van der Waals surface area contributed by atoms with Crippen molar-refractivity contribution in [2.24, 2.45) is 11.8 Å². The molecule has 588 valence electrons. The highest BCUT2D eigenvalue weighted by Gasteiger charge is 2.30. The molecular weight excluding hydrogens is 1290 g/mol. The summed E-state index contributed by atoms with van der Waals surface area (Å²) in [5.74, 6) is -0.579. The second-order valence-electron chi connectivity index (χ2n) is 29.8. The van der Waals surface area contributed by atoms with Gasteiger partial charge in [-0.2, -0.15) is 0 Å². The number of ether oxygens (including phenoxy) is 4. The van der Waals surface area contributed by atoms with E-state index in [2.05, 4.69) is 41.5 Å². The van der Waals surface area contributed by atoms with Crippen molar-refractivity contribution >= 4 is 39.5 Å². The molecule has 99 heavy (non-hydrogen) atoms. The van der Waals surface area contributed by atoms with Gasteiger partial charge in [-0.3, -0.25) is 37.3 Å². The molecule has 0 aromatic rings. The van der Waals surface area contributed by atoms with Gasteiger partial charge in [0.25, 0.3) is 0 Å². The Morgan fingerprint density at radius 1 is 0.273 bits per heavy atom. The Kier molecular flexibility index (Phi) is 70.3. The van der Waals surface area contributed by atoms with Gasteiger partial charge in [0.15, 0.2) is 12.2 Å². The normalized spacial score (nSPS) is 13.9. The van der Waals surface area contributed by atoms with E-state index in [1.165, 1.54) is 225 Å². The first-order chi connectivity index (χ1) is 47.9. The number of esters is 4. The molecule has 3 N–H and O–H groups in total. The smallest absolute Gasteiger partial charge is 0.462 e. The average molecular weight is 1450 g/mol. The molecular formula is C80H156O17P2. The predicted molar refractivity (Wildman–Crippen MR) is 405 cm³/mol. The lowest BCUT2D eigenvalue weighted by atomic mass is 10.0. The maximum Gasteiger partial charge on any atom is 0.472 e. The molecule has 0 aliphatic carbocycles. The van der Waals surface area contributed by atoms with Crippen LogP contribution >= 0.6 is 15.6 Å². The summed E-state index contributed by atoms with van der Waals surface area (Å²) in [5, 5.41) is 10.6. The molecule has 0 aromatic carbocycles. The molecule has 0 saturated heterocycles. The number of phosphoric ester groups is 2. The Hall–Kier alpha value is -1.94. The fraction of sp³-hybridized carbons (Fsp3) is 0.950. The van der Waals surface area contributed by atoms with Gasteiger partial charge in [0.2, 0.25) is 0 Å². The largest absolute Gasteiger partial charge is 0.472 e. The third-order valence-corrected chi connectivity index (χ3v) is 20.6. The van der Waals surface area contributed by atoms with E-state index in [4.69, 9.17) is 37.0 Å². The molecule has 19 heteroatoms. The highest BCUT2D eigenvalue weighted by atomic mass is 31.2. The highest BCUT2D eigenvalue weighted by molar-refractivity contribution is 7.47. The van der Waals surface area contributed by atoms with Crippen LogP contribution in [0.15, 0.2) is 0 Å². The van der Waals surface area contributed by atoms with Gasteiger partial charge in [-0.05, 0) is 37.5 Å². The number of carbonyl (C=O) groups excluding carboxylic acids is 4. The van der Waals surface area contributed by atoms with Crippen LogP contribution in [0.5, 0.6) is 0 Å². The first-order valence-corrected chi connectivity index (χ1v) is 44.5. The Balaban J connectivity index is 5.15. The number of unbranched alkanes of at least 4 members (excludes halogenated alkanes) is 49. The molecule has 2 unspecified atom stereocenters. The van der Waals surface area contributed by atoms with E-state index in [0.29, 0.717) is 25.7 Å². The Labute approximate surface area is 607 Å². The fourth-order valence-electron chi connectivity index (χ4n) is 12.4. The lowest BCUT2D eigenvalue weighted by Gasteiger charge is -2.21. The van der Waals surface area contributed by atoms with Gasteiger partial charge in [0.05, 0.1) is 26.4 Å². The third-order valence-electron chi connectivity index (χ3n) is 18.7. The first-order valence-electron chi connectivity index (χ1n) is 41.5. The van der Waals surface area contributed by atoms with Crippen LogP contribution in [0.1, 0.15) is 420 Å². The summed E-state index contributed by atoms with van der Waals surface area (Å²) in [4.78, 5) is 72.8. The summed E-state index contributed by atoms with van der Waals surface area (Å²) < 4.78 is 68.5. The standard InChI is InChI=1S/C80H156O17P2/c1-7-9-11-13-15-16-17-18-19-20-21-22-26-29-32-35-38-45-51-57-63-78(83)91-69-76(96-79(84)64-58-52-46-39-36-33-30-27-24-23-25-28-31-34-37-43-48-54-60-72(3)4)71-95-99(88,89)93-67-74(81)66-92-98(86,87)94-70-75(68-90-77(82)62-56-50-42-14-12-10-8-2)97-80(85)65-59-53-47-41-40-44-49-55-61-73(5)6/h72-76,81H,7-71H2,1-6H3,(H,86,87)(H,88,89)/t74-,75+,76+/m0/s1. The molecule has 17 nitrogen and oxygen atoms in total. The number of hydrogen-bond donors (Lipinski definition) is 3. The highest BCUT2D eigenvalue weighted by Crippen LogP contribution is 2.45. The lowest BCUT2D eigenvalue weighted by Crippen LogP contribution is -2.30. The van der Waals surface area contributed by atoms with Crippen molar-refractivity contribution in [3.63, 3.8) is 0 Å². The lowest BCUT2D eigenvalue weighted by molar-refractivity contribution is -0.161. The van der Waals surface area contributed by atoms with E-state index in [0.717, 1.165) is 115 Å². The molecule has 0 spiro atoms. The molecule has 0 amide bonds. The van der Waals surface area contributed by atoms with Gasteiger partial charge in [-0.1, -0.05) is 369 Å². The van der Waals surface area contributed by atoms with Crippen LogP contribution in [0, 0.1) is 11.8 Å². The molecule has 0 aromatic heterocycles. The SMILES string of the molecule is CCCCCCCCCCCCCCCCCCCCCCC(=O)OC[C@H](COP(=O)(O)OC[C@@H](O)COP(=O)(O)OC[C@@H](COC(=O)CCCCCCCCC)OC(=O)CCCCCCCCCCC(C)C)OC(=O)CCCCCCCCCCCCCCCCCCCCC(C)C. The Bertz CT molecular complexity index is 1910. The molecule has 5 atom stereocenters. The van der Waals surface area contributed by atoms with E-state index in [1.807, 2.05) is 0 Å².